The molecule has 3 N–H and O–H groups in total. The van der Waals surface area contributed by atoms with Gasteiger partial charge < -0.3 is 25.0 Å². The summed E-state index contributed by atoms with van der Waals surface area (Å²) in [4.78, 5) is 24.6. The Morgan fingerprint density at radius 2 is 1.82 bits per heavy atom. The van der Waals surface area contributed by atoms with Crippen molar-refractivity contribution in [3.05, 3.63) is 59.3 Å². The minimum atomic E-state index is -3.58. The lowest BCUT2D eigenvalue weighted by Crippen LogP contribution is -2.44. The van der Waals surface area contributed by atoms with Crippen molar-refractivity contribution in [2.45, 2.75) is 33.1 Å². The monoisotopic (exact) mass is 568 g/mol. The molecule has 0 atom stereocenters. The Balaban J connectivity index is 1.64. The molecule has 1 aliphatic rings. The standard InChI is InChI=1S/C28H36N6O5S/c1-18-7-8-19(17-22(18)39-23-11-12-30-27(31-23)34-15-13-29-14-16-34)26(35)32-24-20(28(2,3)4)9-10-21(25(24)38-5)33-40(6,36)37/h7-12,17,29,33H,13-16H2,1-6H3,(H,32,35). The van der Waals surface area contributed by atoms with E-state index in [0.717, 1.165) is 43.6 Å². The fourth-order valence-electron chi connectivity index (χ4n) is 4.38. The molecule has 0 radical (unpaired) electrons. The van der Waals surface area contributed by atoms with E-state index in [4.69, 9.17) is 9.47 Å². The average Bonchev–Trinajstić information content (AvgIpc) is 2.89. The Bertz CT molecular complexity index is 1500. The number of sulfonamides is 1. The van der Waals surface area contributed by atoms with Gasteiger partial charge in [0.15, 0.2) is 5.75 Å². The van der Waals surface area contributed by atoms with E-state index in [0.29, 0.717) is 28.8 Å². The zero-order valence-corrected chi connectivity index (χ0v) is 24.5. The first-order chi connectivity index (χ1) is 18.9. The van der Waals surface area contributed by atoms with Crippen LogP contribution in [0.15, 0.2) is 42.6 Å². The predicted molar refractivity (Wildman–Crippen MR) is 156 cm³/mol. The third kappa shape index (κ3) is 6.99. The number of nitrogens with zero attached hydrogens (tertiary/aromatic N) is 3. The first-order valence-corrected chi connectivity index (χ1v) is 14.8. The van der Waals surface area contributed by atoms with Crippen molar-refractivity contribution in [2.24, 2.45) is 0 Å². The number of ether oxygens (including phenoxy) is 2. The third-order valence-corrected chi connectivity index (χ3v) is 6.98. The van der Waals surface area contributed by atoms with Crippen LogP contribution in [0.5, 0.6) is 17.4 Å². The maximum absolute atomic E-state index is 13.5. The summed E-state index contributed by atoms with van der Waals surface area (Å²) in [5, 5.41) is 6.26. The molecule has 1 amide bonds. The van der Waals surface area contributed by atoms with E-state index in [1.165, 1.54) is 7.11 Å². The number of anilines is 3. The Labute approximate surface area is 235 Å². The summed E-state index contributed by atoms with van der Waals surface area (Å²) in [6.07, 6.45) is 2.71. The van der Waals surface area contributed by atoms with Crippen LogP contribution in [0.2, 0.25) is 0 Å². The van der Waals surface area contributed by atoms with Crippen LogP contribution < -0.4 is 29.7 Å². The molecule has 1 saturated heterocycles. The quantitative estimate of drug-likeness (QED) is 0.370. The molecule has 0 spiro atoms. The second-order valence-corrected chi connectivity index (χ2v) is 12.4. The van der Waals surface area contributed by atoms with Crippen molar-refractivity contribution in [3.63, 3.8) is 0 Å². The van der Waals surface area contributed by atoms with Gasteiger partial charge in [-0.05, 0) is 41.7 Å². The Hall–Kier alpha value is -3.90. The van der Waals surface area contributed by atoms with Gasteiger partial charge in [-0.25, -0.2) is 13.4 Å². The molecule has 1 fully saturated rings. The summed E-state index contributed by atoms with van der Waals surface area (Å²) in [5.74, 6) is 1.26. The number of carbonyl (C=O) groups is 1. The van der Waals surface area contributed by atoms with Crippen LogP contribution in [0, 0.1) is 6.92 Å². The number of aryl methyl sites for hydroxylation is 1. The van der Waals surface area contributed by atoms with Crippen LogP contribution in [0.4, 0.5) is 17.3 Å². The second kappa shape index (κ2) is 11.7. The van der Waals surface area contributed by atoms with Gasteiger partial charge in [-0.15, -0.1) is 0 Å². The SMILES string of the molecule is COc1c(NS(C)(=O)=O)ccc(C(C)(C)C)c1NC(=O)c1ccc(C)c(Oc2ccnc(N3CCNCC3)n2)c1. The number of hydrogen-bond donors (Lipinski definition) is 3. The molecule has 0 aliphatic carbocycles. The highest BCUT2D eigenvalue weighted by Crippen LogP contribution is 2.42. The van der Waals surface area contributed by atoms with Gasteiger partial charge in [0.2, 0.25) is 21.9 Å². The van der Waals surface area contributed by atoms with Crippen LogP contribution in [0.3, 0.4) is 0 Å². The van der Waals surface area contributed by atoms with Crippen molar-refractivity contribution < 1.29 is 22.7 Å². The van der Waals surface area contributed by atoms with Gasteiger partial charge in [0.05, 0.1) is 24.7 Å². The van der Waals surface area contributed by atoms with Gasteiger partial charge in [-0.2, -0.15) is 4.98 Å². The normalized spacial score (nSPS) is 14.0. The third-order valence-electron chi connectivity index (χ3n) is 6.39. The fraction of sp³-hybridized carbons (Fsp3) is 0.393. The second-order valence-electron chi connectivity index (χ2n) is 10.7. The van der Waals surface area contributed by atoms with Crippen LogP contribution in [0.1, 0.15) is 42.3 Å². The summed E-state index contributed by atoms with van der Waals surface area (Å²) in [5.41, 5.74) is 2.18. The molecule has 40 heavy (non-hydrogen) atoms. The summed E-state index contributed by atoms with van der Waals surface area (Å²) in [7, 11) is -2.15. The van der Waals surface area contributed by atoms with Gasteiger partial charge in [0.1, 0.15) is 5.75 Å². The number of rotatable bonds is 8. The highest BCUT2D eigenvalue weighted by molar-refractivity contribution is 7.92. The smallest absolute Gasteiger partial charge is 0.255 e. The number of methoxy groups -OCH3 is 1. The Morgan fingerprint density at radius 3 is 2.48 bits per heavy atom. The van der Waals surface area contributed by atoms with E-state index in [9.17, 15) is 13.2 Å². The number of piperazine rings is 1. The number of nitrogens with one attached hydrogen (secondary N) is 3. The number of amides is 1. The molecule has 11 nitrogen and oxygen atoms in total. The maximum Gasteiger partial charge on any atom is 0.255 e. The van der Waals surface area contributed by atoms with Crippen molar-refractivity contribution >= 4 is 33.3 Å². The molecule has 0 unspecified atom stereocenters. The maximum atomic E-state index is 13.5. The molecule has 3 aromatic rings. The van der Waals surface area contributed by atoms with Crippen molar-refractivity contribution in [1.29, 1.82) is 0 Å². The van der Waals surface area contributed by atoms with E-state index in [1.54, 1.807) is 42.6 Å². The lowest BCUT2D eigenvalue weighted by atomic mass is 9.85. The lowest BCUT2D eigenvalue weighted by molar-refractivity contribution is 0.102. The Morgan fingerprint density at radius 1 is 1.10 bits per heavy atom. The van der Waals surface area contributed by atoms with Gasteiger partial charge in [-0.3, -0.25) is 9.52 Å². The minimum absolute atomic E-state index is 0.219. The summed E-state index contributed by atoms with van der Waals surface area (Å²) in [6.45, 7) is 11.2. The molecule has 2 heterocycles. The van der Waals surface area contributed by atoms with E-state index in [2.05, 4.69) is 30.2 Å². The van der Waals surface area contributed by atoms with E-state index < -0.39 is 15.9 Å². The highest BCUT2D eigenvalue weighted by Gasteiger charge is 2.26. The van der Waals surface area contributed by atoms with E-state index >= 15 is 0 Å². The van der Waals surface area contributed by atoms with Gasteiger partial charge >= 0.3 is 0 Å². The Kier molecular flexibility index (Phi) is 8.50. The summed E-state index contributed by atoms with van der Waals surface area (Å²) in [6, 6.07) is 10.2. The first kappa shape index (κ1) is 29.1. The van der Waals surface area contributed by atoms with E-state index in [-0.39, 0.29) is 16.9 Å². The average molecular weight is 569 g/mol. The van der Waals surface area contributed by atoms with Crippen molar-refractivity contribution in [3.8, 4) is 17.4 Å². The zero-order valence-electron chi connectivity index (χ0n) is 23.7. The number of carbonyl (C=O) groups excluding carboxylic acids is 1. The van der Waals surface area contributed by atoms with E-state index in [1.807, 2.05) is 27.7 Å². The molecule has 0 bridgehead atoms. The minimum Gasteiger partial charge on any atom is -0.492 e. The largest absolute Gasteiger partial charge is 0.492 e. The van der Waals surface area contributed by atoms with Crippen molar-refractivity contribution in [2.75, 3.05) is 54.5 Å². The highest BCUT2D eigenvalue weighted by atomic mass is 32.2. The van der Waals surface area contributed by atoms with Crippen LogP contribution in [-0.2, 0) is 15.4 Å². The topological polar surface area (TPSA) is 135 Å². The van der Waals surface area contributed by atoms with Gasteiger partial charge in [0.25, 0.3) is 5.91 Å². The van der Waals surface area contributed by atoms with Gasteiger partial charge in [-0.1, -0.05) is 32.9 Å². The number of hydrogen-bond acceptors (Lipinski definition) is 9. The lowest BCUT2D eigenvalue weighted by Gasteiger charge is -2.27. The first-order valence-electron chi connectivity index (χ1n) is 12.9. The molecule has 0 saturated carbocycles. The van der Waals surface area contributed by atoms with Crippen LogP contribution in [-0.4, -0.2) is 63.8 Å². The number of aromatic nitrogens is 2. The van der Waals surface area contributed by atoms with Gasteiger partial charge in [0, 0.05) is 44.0 Å². The fourth-order valence-corrected chi connectivity index (χ4v) is 4.94. The molecule has 4 rings (SSSR count). The molecule has 1 aromatic heterocycles. The molecule has 214 valence electrons. The summed E-state index contributed by atoms with van der Waals surface area (Å²) >= 11 is 0. The predicted octanol–water partition coefficient (Wildman–Crippen LogP) is 3.92. The molecular weight excluding hydrogens is 532 g/mol. The molecule has 1 aliphatic heterocycles. The zero-order chi connectivity index (χ0) is 29.1. The number of benzene rings is 2. The summed E-state index contributed by atoms with van der Waals surface area (Å²) < 4.78 is 38.1. The van der Waals surface area contributed by atoms with Crippen LogP contribution >= 0.6 is 0 Å². The molecule has 12 heteroatoms. The molecule has 2 aromatic carbocycles. The molecular formula is C28H36N6O5S. The van der Waals surface area contributed by atoms with Crippen LogP contribution in [0.25, 0.3) is 0 Å². The van der Waals surface area contributed by atoms with Crippen molar-refractivity contribution in [1.82, 2.24) is 15.3 Å².